The molecule has 3 unspecified atom stereocenters. The molecule has 0 bridgehead atoms. The summed E-state index contributed by atoms with van der Waals surface area (Å²) in [5.74, 6) is 0.0568. The van der Waals surface area contributed by atoms with Gasteiger partial charge in [-0.2, -0.15) is 0 Å². The number of imide groups is 1. The Labute approximate surface area is 204 Å². The molecule has 8 nitrogen and oxygen atoms in total. The molecule has 8 heteroatoms. The van der Waals surface area contributed by atoms with Gasteiger partial charge in [0.25, 0.3) is 0 Å². The van der Waals surface area contributed by atoms with Gasteiger partial charge in [0, 0.05) is 35.6 Å². The number of hydrogen-bond acceptors (Lipinski definition) is 4. The van der Waals surface area contributed by atoms with Crippen molar-refractivity contribution < 1.29 is 19.1 Å². The molecule has 3 N–H and O–H groups in total. The third kappa shape index (κ3) is 4.73. The second-order valence-electron chi connectivity index (χ2n) is 9.35. The number of aromatic nitrogens is 1. The van der Waals surface area contributed by atoms with Gasteiger partial charge >= 0.3 is 6.03 Å². The minimum Gasteiger partial charge on any atom is -0.497 e. The number of carbonyl (C=O) groups is 3. The Bertz CT molecular complexity index is 1240. The minimum absolute atomic E-state index is 0.00866. The Morgan fingerprint density at radius 1 is 1.11 bits per heavy atom. The van der Waals surface area contributed by atoms with E-state index in [0.717, 1.165) is 23.3 Å². The first-order chi connectivity index (χ1) is 17.0. The van der Waals surface area contributed by atoms with Crippen molar-refractivity contribution in [1.29, 1.82) is 0 Å². The molecule has 4 amide bonds. The Balaban J connectivity index is 1.14. The maximum atomic E-state index is 13.1. The van der Waals surface area contributed by atoms with E-state index in [1.807, 2.05) is 48.7 Å². The van der Waals surface area contributed by atoms with E-state index in [0.29, 0.717) is 25.8 Å². The summed E-state index contributed by atoms with van der Waals surface area (Å²) in [6.45, 7) is 0.766. The number of para-hydroxylation sites is 1. The van der Waals surface area contributed by atoms with Crippen LogP contribution in [0.3, 0.4) is 0 Å². The highest BCUT2D eigenvalue weighted by atomic mass is 16.5. The number of nitrogens with zero attached hydrogens (tertiary/aromatic N) is 1. The number of benzene rings is 2. The van der Waals surface area contributed by atoms with Crippen molar-refractivity contribution in [3.8, 4) is 5.75 Å². The Morgan fingerprint density at radius 2 is 1.91 bits per heavy atom. The number of urea groups is 1. The summed E-state index contributed by atoms with van der Waals surface area (Å²) < 4.78 is 5.17. The van der Waals surface area contributed by atoms with Crippen molar-refractivity contribution >= 4 is 28.7 Å². The van der Waals surface area contributed by atoms with Gasteiger partial charge in [0.15, 0.2) is 0 Å². The van der Waals surface area contributed by atoms with Gasteiger partial charge in [-0.3, -0.25) is 14.5 Å². The second kappa shape index (κ2) is 9.82. The number of aromatic amines is 1. The topological polar surface area (TPSA) is 104 Å². The highest BCUT2D eigenvalue weighted by Gasteiger charge is 2.45. The summed E-state index contributed by atoms with van der Waals surface area (Å²) >= 11 is 0. The third-order valence-electron chi connectivity index (χ3n) is 7.23. The largest absolute Gasteiger partial charge is 0.497 e. The van der Waals surface area contributed by atoms with Gasteiger partial charge in [0.2, 0.25) is 11.8 Å². The maximum Gasteiger partial charge on any atom is 0.324 e. The summed E-state index contributed by atoms with van der Waals surface area (Å²) in [4.78, 5) is 43.3. The molecular weight excluding hydrogens is 444 g/mol. The number of nitrogens with one attached hydrogen (secondary N) is 3. The van der Waals surface area contributed by atoms with Gasteiger partial charge in [-0.1, -0.05) is 30.3 Å². The number of carbonyl (C=O) groups excluding carboxylic acids is 3. The molecule has 2 aliphatic rings. The third-order valence-corrected chi connectivity index (χ3v) is 7.23. The number of hydrogen-bond donors (Lipinski definition) is 3. The lowest BCUT2D eigenvalue weighted by Crippen LogP contribution is -2.61. The van der Waals surface area contributed by atoms with E-state index < -0.39 is 6.03 Å². The van der Waals surface area contributed by atoms with Crippen LogP contribution in [0.1, 0.15) is 30.4 Å². The predicted molar refractivity (Wildman–Crippen MR) is 132 cm³/mol. The van der Waals surface area contributed by atoms with Crippen LogP contribution in [0.15, 0.2) is 54.7 Å². The fourth-order valence-corrected chi connectivity index (χ4v) is 5.27. The van der Waals surface area contributed by atoms with E-state index in [1.165, 1.54) is 15.8 Å². The van der Waals surface area contributed by atoms with Gasteiger partial charge in [-0.25, -0.2) is 4.79 Å². The standard InChI is InChI=1S/C27H30N4O4/c1-35-20-9-6-17(7-10-20)16-31-26(33)22-11-8-18(14-24(22)30-27(31)34)25(32)28-13-12-19-15-29-23-5-3-2-4-21(19)23/h2-7,9-10,15,18,22,24,29H,8,11-14,16H2,1H3,(H,28,32)(H,30,34). The first-order valence-corrected chi connectivity index (χ1v) is 12.1. The first-order valence-electron chi connectivity index (χ1n) is 12.1. The molecule has 1 saturated heterocycles. The molecule has 1 aromatic heterocycles. The lowest BCUT2D eigenvalue weighted by Gasteiger charge is -2.42. The van der Waals surface area contributed by atoms with E-state index >= 15 is 0 Å². The van der Waals surface area contributed by atoms with Crippen LogP contribution < -0.4 is 15.4 Å². The van der Waals surface area contributed by atoms with Gasteiger partial charge in [-0.05, 0) is 55.0 Å². The number of fused-ring (bicyclic) bond motifs is 2. The average Bonchev–Trinajstić information content (AvgIpc) is 3.29. The minimum atomic E-state index is -0.396. The van der Waals surface area contributed by atoms with Crippen LogP contribution in [0.25, 0.3) is 10.9 Å². The van der Waals surface area contributed by atoms with E-state index in [4.69, 9.17) is 4.74 Å². The first kappa shape index (κ1) is 23.0. The van der Waals surface area contributed by atoms with Crippen LogP contribution in [0, 0.1) is 11.8 Å². The predicted octanol–water partition coefficient (Wildman–Crippen LogP) is 3.37. The fourth-order valence-electron chi connectivity index (χ4n) is 5.27. The normalized spacial score (nSPS) is 22.0. The van der Waals surface area contributed by atoms with Crippen molar-refractivity contribution in [2.75, 3.05) is 13.7 Å². The Kier molecular flexibility index (Phi) is 6.44. The van der Waals surface area contributed by atoms with Crippen LogP contribution in [0.5, 0.6) is 5.75 Å². The number of rotatable bonds is 7. The Hall–Kier alpha value is -3.81. The number of amides is 4. The molecule has 1 aliphatic heterocycles. The molecular formula is C27H30N4O4. The highest BCUT2D eigenvalue weighted by Crippen LogP contribution is 2.33. The zero-order valence-electron chi connectivity index (χ0n) is 19.8. The molecule has 182 valence electrons. The van der Waals surface area contributed by atoms with Gasteiger partial charge < -0.3 is 20.4 Å². The quantitative estimate of drug-likeness (QED) is 0.488. The highest BCUT2D eigenvalue weighted by molar-refractivity contribution is 5.99. The number of methoxy groups -OCH3 is 1. The molecule has 35 heavy (non-hydrogen) atoms. The van der Waals surface area contributed by atoms with Crippen molar-refractivity contribution in [2.24, 2.45) is 11.8 Å². The van der Waals surface area contributed by atoms with Gasteiger partial charge in [0.05, 0.1) is 19.6 Å². The molecule has 1 saturated carbocycles. The van der Waals surface area contributed by atoms with Crippen LogP contribution in [0.2, 0.25) is 0 Å². The zero-order valence-corrected chi connectivity index (χ0v) is 19.8. The SMILES string of the molecule is COc1ccc(CN2C(=O)NC3CC(C(=O)NCCc4c[nH]c5ccccc45)CCC3C2=O)cc1. The van der Waals surface area contributed by atoms with E-state index in [1.54, 1.807) is 7.11 Å². The van der Waals surface area contributed by atoms with Crippen LogP contribution in [0.4, 0.5) is 4.79 Å². The van der Waals surface area contributed by atoms with Gasteiger partial charge in [0.1, 0.15) is 5.75 Å². The smallest absolute Gasteiger partial charge is 0.324 e. The maximum absolute atomic E-state index is 13.1. The zero-order chi connectivity index (χ0) is 24.4. The molecule has 1 aliphatic carbocycles. The summed E-state index contributed by atoms with van der Waals surface area (Å²) in [5, 5.41) is 7.21. The van der Waals surface area contributed by atoms with E-state index in [-0.39, 0.29) is 36.2 Å². The Morgan fingerprint density at radius 3 is 2.71 bits per heavy atom. The van der Waals surface area contributed by atoms with Crippen molar-refractivity contribution in [3.05, 3.63) is 65.9 Å². The molecule has 3 atom stereocenters. The average molecular weight is 475 g/mol. The molecule has 0 radical (unpaired) electrons. The van der Waals surface area contributed by atoms with Crippen molar-refractivity contribution in [3.63, 3.8) is 0 Å². The van der Waals surface area contributed by atoms with Crippen molar-refractivity contribution in [2.45, 2.75) is 38.3 Å². The lowest BCUT2D eigenvalue weighted by atomic mass is 9.76. The van der Waals surface area contributed by atoms with Crippen molar-refractivity contribution in [1.82, 2.24) is 20.5 Å². The fraction of sp³-hybridized carbons (Fsp3) is 0.370. The summed E-state index contributed by atoms with van der Waals surface area (Å²) in [7, 11) is 1.59. The second-order valence-corrected chi connectivity index (χ2v) is 9.35. The number of H-pyrrole nitrogens is 1. The molecule has 2 fully saturated rings. The monoisotopic (exact) mass is 474 g/mol. The molecule has 3 aromatic rings. The molecule has 0 spiro atoms. The van der Waals surface area contributed by atoms with Gasteiger partial charge in [-0.15, -0.1) is 0 Å². The molecule has 2 aromatic carbocycles. The summed E-state index contributed by atoms with van der Waals surface area (Å²) in [6, 6.07) is 14.7. The van der Waals surface area contributed by atoms with Crippen LogP contribution in [-0.2, 0) is 22.6 Å². The molecule has 2 heterocycles. The van der Waals surface area contributed by atoms with Crippen LogP contribution >= 0.6 is 0 Å². The molecule has 5 rings (SSSR count). The number of ether oxygens (including phenoxy) is 1. The summed E-state index contributed by atoms with van der Waals surface area (Å²) in [6.07, 6.45) is 4.44. The van der Waals surface area contributed by atoms with Crippen LogP contribution in [-0.4, -0.2) is 47.4 Å². The van der Waals surface area contributed by atoms with E-state index in [9.17, 15) is 14.4 Å². The summed E-state index contributed by atoms with van der Waals surface area (Å²) in [5.41, 5.74) is 3.12. The lowest BCUT2D eigenvalue weighted by molar-refractivity contribution is -0.139. The van der Waals surface area contributed by atoms with E-state index in [2.05, 4.69) is 21.7 Å².